The second-order valence-corrected chi connectivity index (χ2v) is 4.92. The van der Waals surface area contributed by atoms with E-state index in [0.717, 1.165) is 26.1 Å². The summed E-state index contributed by atoms with van der Waals surface area (Å²) in [4.78, 5) is 12.0. The zero-order chi connectivity index (χ0) is 13.0. The molecule has 1 aromatic carbocycles. The van der Waals surface area contributed by atoms with Gasteiger partial charge in [-0.2, -0.15) is 0 Å². The van der Waals surface area contributed by atoms with E-state index < -0.39 is 5.82 Å². The summed E-state index contributed by atoms with van der Waals surface area (Å²) in [7, 11) is 0. The highest BCUT2D eigenvalue weighted by Crippen LogP contribution is 2.16. The van der Waals surface area contributed by atoms with Crippen LogP contribution in [0.1, 0.15) is 23.2 Å². The normalized spacial score (nSPS) is 18.9. The zero-order valence-corrected chi connectivity index (χ0v) is 10.9. The van der Waals surface area contributed by atoms with E-state index >= 15 is 0 Å². The Balaban J connectivity index is 1.81. The molecule has 1 amide bonds. The van der Waals surface area contributed by atoms with E-state index in [1.807, 2.05) is 0 Å². The number of benzene rings is 1. The average molecular weight is 269 g/mol. The van der Waals surface area contributed by atoms with Crippen LogP contribution in [0.3, 0.4) is 0 Å². The van der Waals surface area contributed by atoms with Gasteiger partial charge in [0.2, 0.25) is 0 Å². The van der Waals surface area contributed by atoms with Crippen molar-refractivity contribution >= 4 is 18.5 Å². The predicted octanol–water partition coefficient (Wildman–Crippen LogP) is 2.27. The Labute approximate surface area is 111 Å². The molecule has 0 aromatic heterocycles. The van der Waals surface area contributed by atoms with Gasteiger partial charge < -0.3 is 10.1 Å². The van der Waals surface area contributed by atoms with Gasteiger partial charge in [-0.05, 0) is 37.0 Å². The fraction of sp³-hybridized carbons (Fsp3) is 0.462. The molecule has 1 aliphatic rings. The molecule has 3 nitrogen and oxygen atoms in total. The molecule has 0 spiro atoms. The highest BCUT2D eigenvalue weighted by atomic mass is 32.1. The minimum absolute atomic E-state index is 0.187. The lowest BCUT2D eigenvalue weighted by Gasteiger charge is -2.09. The maximum absolute atomic E-state index is 13.0. The van der Waals surface area contributed by atoms with Gasteiger partial charge in [0.25, 0.3) is 5.91 Å². The summed E-state index contributed by atoms with van der Waals surface area (Å²) in [5.41, 5.74) is 0.434. The summed E-state index contributed by atoms with van der Waals surface area (Å²) >= 11 is 3.95. The number of hydrogen-bond acceptors (Lipinski definition) is 3. The van der Waals surface area contributed by atoms with Gasteiger partial charge in [-0.3, -0.25) is 4.79 Å². The van der Waals surface area contributed by atoms with Gasteiger partial charge in [0.1, 0.15) is 5.82 Å². The molecular formula is C13H16FNO2S. The molecule has 1 saturated heterocycles. The molecule has 0 saturated carbocycles. The zero-order valence-electron chi connectivity index (χ0n) is 9.99. The highest BCUT2D eigenvalue weighted by Gasteiger charge is 2.15. The van der Waals surface area contributed by atoms with Crippen LogP contribution in [0, 0.1) is 11.7 Å². The van der Waals surface area contributed by atoms with Gasteiger partial charge in [-0.15, -0.1) is 12.6 Å². The monoisotopic (exact) mass is 269 g/mol. The van der Waals surface area contributed by atoms with Crippen LogP contribution in [0.25, 0.3) is 0 Å². The summed E-state index contributed by atoms with van der Waals surface area (Å²) in [5, 5.41) is 2.82. The van der Waals surface area contributed by atoms with E-state index in [4.69, 9.17) is 4.74 Å². The lowest BCUT2D eigenvalue weighted by molar-refractivity contribution is 0.0950. The quantitative estimate of drug-likeness (QED) is 0.823. The van der Waals surface area contributed by atoms with Crippen LogP contribution < -0.4 is 5.32 Å². The van der Waals surface area contributed by atoms with Gasteiger partial charge in [0, 0.05) is 30.2 Å². The molecule has 2 rings (SSSR count). The SMILES string of the molecule is O=C(NCCC1CCOC1)c1ccc(F)c(S)c1. The summed E-state index contributed by atoms with van der Waals surface area (Å²) in [6, 6.07) is 4.15. The minimum atomic E-state index is -0.419. The maximum atomic E-state index is 13.0. The van der Waals surface area contributed by atoms with Crippen molar-refractivity contribution in [1.29, 1.82) is 0 Å². The molecule has 1 N–H and O–H groups in total. The Bertz CT molecular complexity index is 433. The fourth-order valence-corrected chi connectivity index (χ4v) is 2.17. The molecule has 1 heterocycles. The van der Waals surface area contributed by atoms with Gasteiger partial charge in [0.05, 0.1) is 0 Å². The second-order valence-electron chi connectivity index (χ2n) is 4.44. The first-order valence-electron chi connectivity index (χ1n) is 6.01. The molecule has 0 aliphatic carbocycles. The highest BCUT2D eigenvalue weighted by molar-refractivity contribution is 7.80. The Kier molecular flexibility index (Phi) is 4.60. The third kappa shape index (κ3) is 3.46. The van der Waals surface area contributed by atoms with E-state index in [2.05, 4.69) is 17.9 Å². The van der Waals surface area contributed by atoms with Crippen molar-refractivity contribution in [2.24, 2.45) is 5.92 Å². The summed E-state index contributed by atoms with van der Waals surface area (Å²) < 4.78 is 18.3. The maximum Gasteiger partial charge on any atom is 0.251 e. The van der Waals surface area contributed by atoms with Crippen molar-refractivity contribution in [3.8, 4) is 0 Å². The minimum Gasteiger partial charge on any atom is -0.381 e. The Morgan fingerprint density at radius 1 is 1.56 bits per heavy atom. The van der Waals surface area contributed by atoms with Crippen LogP contribution in [0.2, 0.25) is 0 Å². The van der Waals surface area contributed by atoms with Gasteiger partial charge >= 0.3 is 0 Å². The standard InChI is InChI=1S/C13H16FNO2S/c14-11-2-1-10(7-12(11)18)13(16)15-5-3-9-4-6-17-8-9/h1-2,7,9,18H,3-6,8H2,(H,15,16). The van der Waals surface area contributed by atoms with E-state index in [1.54, 1.807) is 0 Å². The van der Waals surface area contributed by atoms with Crippen LogP contribution in [-0.4, -0.2) is 25.7 Å². The number of nitrogens with one attached hydrogen (secondary N) is 1. The number of halogens is 1. The molecule has 1 unspecified atom stereocenters. The van der Waals surface area contributed by atoms with Crippen molar-refractivity contribution in [3.63, 3.8) is 0 Å². The number of carbonyl (C=O) groups is 1. The number of carbonyl (C=O) groups excluding carboxylic acids is 1. The molecular weight excluding hydrogens is 253 g/mol. The summed E-state index contributed by atoms with van der Waals surface area (Å²) in [6.07, 6.45) is 1.98. The predicted molar refractivity (Wildman–Crippen MR) is 69.5 cm³/mol. The third-order valence-electron chi connectivity index (χ3n) is 3.07. The third-order valence-corrected chi connectivity index (χ3v) is 3.41. The fourth-order valence-electron chi connectivity index (χ4n) is 1.96. The van der Waals surface area contributed by atoms with E-state index in [9.17, 15) is 9.18 Å². The first-order valence-corrected chi connectivity index (χ1v) is 6.46. The number of hydrogen-bond donors (Lipinski definition) is 2. The molecule has 0 bridgehead atoms. The van der Waals surface area contributed by atoms with Crippen LogP contribution in [-0.2, 0) is 4.74 Å². The number of rotatable bonds is 4. The van der Waals surface area contributed by atoms with E-state index in [-0.39, 0.29) is 10.8 Å². The Morgan fingerprint density at radius 2 is 2.39 bits per heavy atom. The summed E-state index contributed by atoms with van der Waals surface area (Å²) in [6.45, 7) is 2.22. The van der Waals surface area contributed by atoms with Crippen LogP contribution in [0.15, 0.2) is 23.1 Å². The van der Waals surface area contributed by atoms with Crippen molar-refractivity contribution in [2.75, 3.05) is 19.8 Å². The lowest BCUT2D eigenvalue weighted by Crippen LogP contribution is -2.26. The van der Waals surface area contributed by atoms with Gasteiger partial charge in [-0.1, -0.05) is 0 Å². The van der Waals surface area contributed by atoms with Crippen molar-refractivity contribution in [3.05, 3.63) is 29.6 Å². The first-order chi connectivity index (χ1) is 8.66. The average Bonchev–Trinajstić information content (AvgIpc) is 2.85. The van der Waals surface area contributed by atoms with Gasteiger partial charge in [0.15, 0.2) is 0 Å². The van der Waals surface area contributed by atoms with Crippen molar-refractivity contribution < 1.29 is 13.9 Å². The molecule has 98 valence electrons. The number of thiol groups is 1. The molecule has 1 atom stereocenters. The molecule has 0 radical (unpaired) electrons. The molecule has 5 heteroatoms. The smallest absolute Gasteiger partial charge is 0.251 e. The van der Waals surface area contributed by atoms with Crippen molar-refractivity contribution in [2.45, 2.75) is 17.7 Å². The molecule has 1 aromatic rings. The largest absolute Gasteiger partial charge is 0.381 e. The number of amides is 1. The van der Waals surface area contributed by atoms with Gasteiger partial charge in [-0.25, -0.2) is 4.39 Å². The van der Waals surface area contributed by atoms with Crippen molar-refractivity contribution in [1.82, 2.24) is 5.32 Å². The van der Waals surface area contributed by atoms with Crippen LogP contribution in [0.4, 0.5) is 4.39 Å². The van der Waals surface area contributed by atoms with Crippen LogP contribution in [0.5, 0.6) is 0 Å². The van der Waals surface area contributed by atoms with E-state index in [0.29, 0.717) is 18.0 Å². The second kappa shape index (κ2) is 6.20. The number of ether oxygens (including phenoxy) is 1. The van der Waals surface area contributed by atoms with Crippen LogP contribution >= 0.6 is 12.6 Å². The molecule has 18 heavy (non-hydrogen) atoms. The summed E-state index contributed by atoms with van der Waals surface area (Å²) in [5.74, 6) is -0.0684. The first kappa shape index (κ1) is 13.4. The van der Waals surface area contributed by atoms with E-state index in [1.165, 1.54) is 18.2 Å². The topological polar surface area (TPSA) is 38.3 Å². The Hall–Kier alpha value is -1.07. The Morgan fingerprint density at radius 3 is 3.06 bits per heavy atom. The molecule has 1 aliphatic heterocycles. The molecule has 1 fully saturated rings. The lowest BCUT2D eigenvalue weighted by atomic mass is 10.1.